The van der Waals surface area contributed by atoms with Crippen molar-refractivity contribution in [1.29, 1.82) is 0 Å². The molecule has 1 aliphatic rings. The standard InChI is InChI=1S/C19H28BN2O3S/c1-13-12-26-17(18(20)25-5)16(13)21-15(24)11-22(10-14(2)23)8-6-19(3,4)7-9-22/h12H,6-11H2,1-5H3/p+1. The first-order valence-electron chi connectivity index (χ1n) is 8.97. The van der Waals surface area contributed by atoms with Crippen molar-refractivity contribution in [2.75, 3.05) is 38.6 Å². The Morgan fingerprint density at radius 3 is 2.46 bits per heavy atom. The molecule has 0 saturated carbocycles. The van der Waals surface area contributed by atoms with E-state index in [-0.39, 0.29) is 17.1 Å². The molecule has 7 heteroatoms. The topological polar surface area (TPSA) is 55.4 Å². The number of hydrogen-bond acceptors (Lipinski definition) is 4. The van der Waals surface area contributed by atoms with Gasteiger partial charge in [-0.1, -0.05) is 0 Å². The average Bonchev–Trinajstić information content (AvgIpc) is 2.90. The number of carbonyl (C=O) groups is 2. The van der Waals surface area contributed by atoms with Crippen molar-refractivity contribution in [2.45, 2.75) is 40.5 Å². The Bertz CT molecular complexity index is 702. The second kappa shape index (κ2) is 8.05. The number of methoxy groups -OCH3 is 1. The minimum absolute atomic E-state index is 0.0855. The Morgan fingerprint density at radius 2 is 1.92 bits per heavy atom. The molecule has 1 amide bonds. The Labute approximate surface area is 161 Å². The number of rotatable bonds is 7. The van der Waals surface area contributed by atoms with E-state index in [1.165, 1.54) is 18.4 Å². The molecule has 0 bridgehead atoms. The molecule has 5 nitrogen and oxygen atoms in total. The summed E-state index contributed by atoms with van der Waals surface area (Å²) < 4.78 is 5.66. The minimum atomic E-state index is -0.0855. The van der Waals surface area contributed by atoms with Crippen molar-refractivity contribution in [3.05, 3.63) is 15.8 Å². The van der Waals surface area contributed by atoms with E-state index in [4.69, 9.17) is 12.2 Å². The second-order valence-electron chi connectivity index (χ2n) is 8.21. The van der Waals surface area contributed by atoms with Crippen molar-refractivity contribution in [3.8, 4) is 0 Å². The molecule has 1 aromatic heterocycles. The predicted octanol–water partition coefficient (Wildman–Crippen LogP) is 2.51. The molecule has 1 radical (unpaired) electrons. The van der Waals surface area contributed by atoms with Crippen LogP contribution in [0.5, 0.6) is 0 Å². The fourth-order valence-electron chi connectivity index (χ4n) is 3.52. The monoisotopic (exact) mass is 376 g/mol. The van der Waals surface area contributed by atoms with Crippen molar-refractivity contribution in [3.63, 3.8) is 0 Å². The number of ketones is 1. The van der Waals surface area contributed by atoms with Crippen LogP contribution >= 0.6 is 11.3 Å². The van der Waals surface area contributed by atoms with Crippen molar-refractivity contribution < 1.29 is 18.8 Å². The van der Waals surface area contributed by atoms with Gasteiger partial charge in [0.15, 0.2) is 0 Å². The zero-order valence-electron chi connectivity index (χ0n) is 16.5. The van der Waals surface area contributed by atoms with Gasteiger partial charge in [-0.25, -0.2) is 0 Å². The molecule has 141 valence electrons. The Balaban J connectivity index is 2.15. The van der Waals surface area contributed by atoms with Crippen LogP contribution in [0.3, 0.4) is 0 Å². The van der Waals surface area contributed by atoms with Crippen LogP contribution in [0.15, 0.2) is 5.38 Å². The zero-order chi connectivity index (χ0) is 19.5. The van der Waals surface area contributed by atoms with E-state index in [1.54, 1.807) is 6.92 Å². The molecule has 1 saturated heterocycles. The molecule has 0 atom stereocenters. The van der Waals surface area contributed by atoms with Crippen molar-refractivity contribution in [1.82, 2.24) is 0 Å². The molecule has 0 unspecified atom stereocenters. The third-order valence-electron chi connectivity index (χ3n) is 5.25. The molecule has 0 spiro atoms. The van der Waals surface area contributed by atoms with Crippen LogP contribution in [-0.2, 0) is 14.3 Å². The van der Waals surface area contributed by atoms with Gasteiger partial charge in [0.2, 0.25) is 0 Å². The molecular weight excluding hydrogens is 347 g/mol. The van der Waals surface area contributed by atoms with Crippen molar-refractivity contribution in [2.24, 2.45) is 5.41 Å². The quantitative estimate of drug-likeness (QED) is 0.588. The van der Waals surface area contributed by atoms with Gasteiger partial charge in [0.1, 0.15) is 0 Å². The van der Waals surface area contributed by atoms with E-state index >= 15 is 0 Å². The number of nitrogens with zero attached hydrogens (tertiary/aromatic N) is 1. The summed E-state index contributed by atoms with van der Waals surface area (Å²) in [7, 11) is 7.41. The van der Waals surface area contributed by atoms with Gasteiger partial charge in [-0.2, -0.15) is 0 Å². The number of nitrogens with one attached hydrogen (secondary N) is 1. The summed E-state index contributed by atoms with van der Waals surface area (Å²) in [4.78, 5) is 25.4. The van der Waals surface area contributed by atoms with Gasteiger partial charge in [-0.3, -0.25) is 0 Å². The van der Waals surface area contributed by atoms with Crippen LogP contribution in [-0.4, -0.2) is 62.6 Å². The first-order valence-corrected chi connectivity index (χ1v) is 9.85. The number of thiophene rings is 1. The fourth-order valence-corrected chi connectivity index (χ4v) is 4.46. The molecule has 0 aromatic carbocycles. The first kappa shape index (κ1) is 20.8. The number of carbonyl (C=O) groups excluding carboxylic acids is 2. The van der Waals surface area contributed by atoms with E-state index in [0.29, 0.717) is 28.9 Å². The molecule has 1 fully saturated rings. The van der Waals surface area contributed by atoms with E-state index in [2.05, 4.69) is 19.2 Å². The van der Waals surface area contributed by atoms with E-state index < -0.39 is 0 Å². The van der Waals surface area contributed by atoms with Crippen LogP contribution in [0.2, 0.25) is 0 Å². The molecule has 2 rings (SSSR count). The summed E-state index contributed by atoms with van der Waals surface area (Å²) in [6.45, 7) is 10.4. The summed E-state index contributed by atoms with van der Waals surface area (Å²) in [6.07, 6.45) is 2.03. The van der Waals surface area contributed by atoms with Crippen LogP contribution < -0.4 is 5.32 Å². The van der Waals surface area contributed by atoms with Crippen LogP contribution in [0.25, 0.3) is 0 Å². The fraction of sp³-hybridized carbons (Fsp3) is 0.632. The molecule has 1 aliphatic heterocycles. The Hall–Kier alpha value is -1.47. The molecule has 26 heavy (non-hydrogen) atoms. The van der Waals surface area contributed by atoms with Crippen LogP contribution in [0.4, 0.5) is 5.69 Å². The third-order valence-corrected chi connectivity index (χ3v) is 6.36. The normalized spacial score (nSPS) is 18.2. The van der Waals surface area contributed by atoms with Crippen molar-refractivity contribution >= 4 is 41.9 Å². The van der Waals surface area contributed by atoms with E-state index in [1.807, 2.05) is 12.3 Å². The van der Waals surface area contributed by atoms with Gasteiger partial charge in [0, 0.05) is 0 Å². The van der Waals surface area contributed by atoms with Gasteiger partial charge >= 0.3 is 161 Å². The zero-order valence-corrected chi connectivity index (χ0v) is 17.3. The number of anilines is 1. The summed E-state index contributed by atoms with van der Waals surface area (Å²) in [5.74, 6) is 0.0412. The predicted molar refractivity (Wildman–Crippen MR) is 108 cm³/mol. The number of hydrogen-bond donors (Lipinski definition) is 1. The number of ether oxygens (including phenoxy) is 1. The van der Waals surface area contributed by atoms with Gasteiger partial charge in [0.25, 0.3) is 0 Å². The van der Waals surface area contributed by atoms with Gasteiger partial charge in [-0.05, 0) is 0 Å². The summed E-state index contributed by atoms with van der Waals surface area (Å²) in [5, 5.41) is 4.95. The molecule has 1 N–H and O–H groups in total. The van der Waals surface area contributed by atoms with Crippen LogP contribution in [0.1, 0.15) is 44.1 Å². The van der Waals surface area contributed by atoms with E-state index in [0.717, 1.165) is 36.4 Å². The van der Waals surface area contributed by atoms with Crippen LogP contribution in [0, 0.1) is 12.3 Å². The summed E-state index contributed by atoms with van der Waals surface area (Å²) in [5.41, 5.74) is 2.23. The van der Waals surface area contributed by atoms with Gasteiger partial charge in [-0.15, -0.1) is 0 Å². The molecular formula is C19H29BN2O3S+. The maximum atomic E-state index is 12.8. The summed E-state index contributed by atoms with van der Waals surface area (Å²) in [6, 6.07) is 0. The second-order valence-corrected chi connectivity index (χ2v) is 9.09. The maximum absolute atomic E-state index is 12.8. The molecule has 1 aromatic rings. The van der Waals surface area contributed by atoms with Gasteiger partial charge in [0.05, 0.1) is 0 Å². The average molecular weight is 376 g/mol. The Kier molecular flexibility index (Phi) is 6.45. The number of aryl methyl sites for hydroxylation is 1. The molecule has 2 heterocycles. The summed E-state index contributed by atoms with van der Waals surface area (Å²) >= 11 is 1.45. The SMILES string of the molecule is [B]=C(OC)c1scc(C)c1NC(=O)C[N+]1(CC(C)=O)CCC(C)(C)CC1. The van der Waals surface area contributed by atoms with Gasteiger partial charge < -0.3 is 0 Å². The first-order chi connectivity index (χ1) is 12.1. The molecule has 0 aliphatic carbocycles. The third kappa shape index (κ3) is 5.04. The number of piperidine rings is 1. The van der Waals surface area contributed by atoms with E-state index in [9.17, 15) is 9.59 Å². The number of amides is 1. The Morgan fingerprint density at radius 1 is 1.31 bits per heavy atom. The number of Topliss-reactive ketones (excluding diaryl/α,β-unsaturated/α-hetero) is 1. The number of likely N-dealkylation sites (tertiary alicyclic amines) is 1. The number of quaternary nitrogens is 1.